The van der Waals surface area contributed by atoms with E-state index >= 15 is 0 Å². The van der Waals surface area contributed by atoms with Crippen molar-refractivity contribution in [2.24, 2.45) is 7.05 Å². The molecule has 0 aliphatic heterocycles. The highest BCUT2D eigenvalue weighted by molar-refractivity contribution is 6.18. The van der Waals surface area contributed by atoms with Gasteiger partial charge in [0.25, 0.3) is 0 Å². The molecule has 0 atom stereocenters. The lowest BCUT2D eigenvalue weighted by Gasteiger charge is -2.05. The van der Waals surface area contributed by atoms with Crippen LogP contribution in [0.3, 0.4) is 0 Å². The van der Waals surface area contributed by atoms with E-state index in [4.69, 9.17) is 16.3 Å². The first-order valence-corrected chi connectivity index (χ1v) is 6.73. The number of hydrogen-bond donors (Lipinski definition) is 0. The van der Waals surface area contributed by atoms with Gasteiger partial charge in [0, 0.05) is 17.9 Å². The highest BCUT2D eigenvalue weighted by atomic mass is 35.5. The highest BCUT2D eigenvalue weighted by Crippen LogP contribution is 2.17. The van der Waals surface area contributed by atoms with Gasteiger partial charge in [0.1, 0.15) is 5.75 Å². The smallest absolute Gasteiger partial charge is 0.212 e. The second-order valence-electron chi connectivity index (χ2n) is 4.20. The third-order valence-corrected chi connectivity index (χ3v) is 2.75. The summed E-state index contributed by atoms with van der Waals surface area (Å²) in [5, 5.41) is 11.7. The first-order chi connectivity index (χ1) is 9.69. The molecular weight excluding hydrogens is 276 g/mol. The fraction of sp³-hybridized carbons (Fsp3) is 0.357. The number of alkyl halides is 1. The van der Waals surface area contributed by atoms with Gasteiger partial charge in [0.2, 0.25) is 5.82 Å². The normalized spacial score (nSPS) is 9.95. The van der Waals surface area contributed by atoms with Crippen molar-refractivity contribution in [3.05, 3.63) is 35.2 Å². The van der Waals surface area contributed by atoms with Crippen molar-refractivity contribution in [1.29, 1.82) is 0 Å². The molecule has 0 spiro atoms. The second kappa shape index (κ2) is 6.92. The zero-order valence-corrected chi connectivity index (χ0v) is 12.2. The lowest BCUT2D eigenvalue weighted by atomic mass is 10.1. The Kier molecular flexibility index (Phi) is 4.97. The molecule has 0 saturated heterocycles. The number of ether oxygens (including phenoxy) is 1. The van der Waals surface area contributed by atoms with Crippen LogP contribution < -0.4 is 4.74 Å². The quantitative estimate of drug-likeness (QED) is 0.639. The van der Waals surface area contributed by atoms with Crippen LogP contribution in [0, 0.1) is 18.8 Å². The van der Waals surface area contributed by atoms with E-state index in [-0.39, 0.29) is 0 Å². The van der Waals surface area contributed by atoms with Crippen LogP contribution in [0.25, 0.3) is 0 Å². The molecule has 0 saturated carbocycles. The SMILES string of the molecule is Cc1cc(OCc2nnn(C)n2)ccc1C#CCCCl. The molecule has 0 amide bonds. The predicted molar refractivity (Wildman–Crippen MR) is 76.5 cm³/mol. The van der Waals surface area contributed by atoms with Crippen LogP contribution >= 0.6 is 11.6 Å². The van der Waals surface area contributed by atoms with Gasteiger partial charge < -0.3 is 4.74 Å². The molecule has 0 aliphatic carbocycles. The predicted octanol–water partition coefficient (Wildman–Crippen LogP) is 2.08. The first kappa shape index (κ1) is 14.4. The standard InChI is InChI=1S/C14H15ClN4O/c1-11-9-13(7-6-12(11)5-3-4-8-15)20-10-14-16-18-19(2)17-14/h6-7,9H,4,8,10H2,1-2H3. The number of halogens is 1. The fourth-order valence-corrected chi connectivity index (χ4v) is 1.69. The summed E-state index contributed by atoms with van der Waals surface area (Å²) in [6.07, 6.45) is 0.692. The molecule has 5 nitrogen and oxygen atoms in total. The van der Waals surface area contributed by atoms with E-state index in [0.717, 1.165) is 16.9 Å². The molecule has 20 heavy (non-hydrogen) atoms. The van der Waals surface area contributed by atoms with E-state index in [9.17, 15) is 0 Å². The summed E-state index contributed by atoms with van der Waals surface area (Å²) in [5.41, 5.74) is 2.05. The lowest BCUT2D eigenvalue weighted by Crippen LogP contribution is -1.99. The minimum Gasteiger partial charge on any atom is -0.485 e. The Morgan fingerprint density at radius 1 is 1.40 bits per heavy atom. The minimum atomic E-state index is 0.296. The van der Waals surface area contributed by atoms with Crippen molar-refractivity contribution in [3.8, 4) is 17.6 Å². The van der Waals surface area contributed by atoms with Crippen LogP contribution in [-0.4, -0.2) is 26.1 Å². The fourth-order valence-electron chi connectivity index (χ4n) is 1.60. The molecule has 0 unspecified atom stereocenters. The maximum Gasteiger partial charge on any atom is 0.212 e. The highest BCUT2D eigenvalue weighted by Gasteiger charge is 2.03. The maximum atomic E-state index is 5.62. The summed E-state index contributed by atoms with van der Waals surface area (Å²) in [5.74, 6) is 7.98. The number of aromatic nitrogens is 4. The Hall–Kier alpha value is -2.06. The number of tetrazole rings is 1. The molecule has 1 aromatic carbocycles. The van der Waals surface area contributed by atoms with E-state index in [1.165, 1.54) is 4.80 Å². The zero-order valence-electron chi connectivity index (χ0n) is 11.4. The molecule has 2 rings (SSSR count). The topological polar surface area (TPSA) is 52.8 Å². The van der Waals surface area contributed by atoms with E-state index in [1.807, 2.05) is 25.1 Å². The van der Waals surface area contributed by atoms with Crippen molar-refractivity contribution in [1.82, 2.24) is 20.2 Å². The molecule has 1 aromatic heterocycles. The van der Waals surface area contributed by atoms with Gasteiger partial charge in [-0.25, -0.2) is 0 Å². The molecule has 1 heterocycles. The second-order valence-corrected chi connectivity index (χ2v) is 4.58. The van der Waals surface area contributed by atoms with E-state index in [2.05, 4.69) is 27.3 Å². The van der Waals surface area contributed by atoms with E-state index in [0.29, 0.717) is 24.7 Å². The Bertz CT molecular complexity index is 642. The van der Waals surface area contributed by atoms with Gasteiger partial charge in [-0.2, -0.15) is 4.80 Å². The Balaban J connectivity index is 2.00. The molecule has 0 N–H and O–H groups in total. The largest absolute Gasteiger partial charge is 0.485 e. The molecule has 0 radical (unpaired) electrons. The van der Waals surface area contributed by atoms with Crippen LogP contribution in [0.4, 0.5) is 0 Å². The molecular formula is C14H15ClN4O. The third kappa shape index (κ3) is 3.97. The summed E-state index contributed by atoms with van der Waals surface area (Å²) in [4.78, 5) is 1.40. The first-order valence-electron chi connectivity index (χ1n) is 6.20. The van der Waals surface area contributed by atoms with Crippen molar-refractivity contribution >= 4 is 11.6 Å². The average Bonchev–Trinajstić information content (AvgIpc) is 2.85. The van der Waals surface area contributed by atoms with Crippen LogP contribution in [-0.2, 0) is 13.7 Å². The van der Waals surface area contributed by atoms with Crippen LogP contribution in [0.1, 0.15) is 23.4 Å². The van der Waals surface area contributed by atoms with Gasteiger partial charge in [0.05, 0.1) is 7.05 Å². The maximum absolute atomic E-state index is 5.62. The number of benzene rings is 1. The Morgan fingerprint density at radius 3 is 2.90 bits per heavy atom. The zero-order chi connectivity index (χ0) is 14.4. The molecule has 2 aromatic rings. The molecule has 6 heteroatoms. The summed E-state index contributed by atoms with van der Waals surface area (Å²) in [6.45, 7) is 2.29. The monoisotopic (exact) mass is 290 g/mol. The molecule has 0 fully saturated rings. The Labute approximate surface area is 122 Å². The van der Waals surface area contributed by atoms with Gasteiger partial charge in [-0.05, 0) is 35.9 Å². The number of hydrogen-bond acceptors (Lipinski definition) is 4. The molecule has 0 bridgehead atoms. The van der Waals surface area contributed by atoms with Gasteiger partial charge in [-0.1, -0.05) is 11.8 Å². The van der Waals surface area contributed by atoms with E-state index < -0.39 is 0 Å². The van der Waals surface area contributed by atoms with Crippen molar-refractivity contribution in [3.63, 3.8) is 0 Å². The average molecular weight is 291 g/mol. The molecule has 104 valence electrons. The number of aryl methyl sites for hydroxylation is 2. The van der Waals surface area contributed by atoms with Crippen molar-refractivity contribution in [2.75, 3.05) is 5.88 Å². The Morgan fingerprint density at radius 2 is 2.25 bits per heavy atom. The summed E-state index contributed by atoms with van der Waals surface area (Å²) in [7, 11) is 1.72. The lowest BCUT2D eigenvalue weighted by molar-refractivity contribution is 0.295. The minimum absolute atomic E-state index is 0.296. The summed E-state index contributed by atoms with van der Waals surface area (Å²) in [6, 6.07) is 5.77. The van der Waals surface area contributed by atoms with Crippen molar-refractivity contribution < 1.29 is 4.74 Å². The van der Waals surface area contributed by atoms with Gasteiger partial charge in [-0.15, -0.1) is 21.8 Å². The third-order valence-electron chi connectivity index (χ3n) is 2.56. The van der Waals surface area contributed by atoms with Gasteiger partial charge in [0.15, 0.2) is 6.61 Å². The summed E-state index contributed by atoms with van der Waals surface area (Å²) >= 11 is 5.59. The van der Waals surface area contributed by atoms with Crippen LogP contribution in [0.2, 0.25) is 0 Å². The van der Waals surface area contributed by atoms with Crippen LogP contribution in [0.5, 0.6) is 5.75 Å². The van der Waals surface area contributed by atoms with Gasteiger partial charge in [-0.3, -0.25) is 0 Å². The van der Waals surface area contributed by atoms with Gasteiger partial charge >= 0.3 is 0 Å². The molecule has 0 aliphatic rings. The van der Waals surface area contributed by atoms with Crippen LogP contribution in [0.15, 0.2) is 18.2 Å². The number of nitrogens with zero attached hydrogens (tertiary/aromatic N) is 4. The van der Waals surface area contributed by atoms with Crippen molar-refractivity contribution in [2.45, 2.75) is 20.0 Å². The summed E-state index contributed by atoms with van der Waals surface area (Å²) < 4.78 is 5.62. The number of rotatable bonds is 4. The van der Waals surface area contributed by atoms with E-state index in [1.54, 1.807) is 7.05 Å².